The van der Waals surface area contributed by atoms with Crippen molar-refractivity contribution >= 4 is 11.7 Å². The Morgan fingerprint density at radius 3 is 2.31 bits per heavy atom. The van der Waals surface area contributed by atoms with E-state index >= 15 is 0 Å². The Bertz CT molecular complexity index is 808. The summed E-state index contributed by atoms with van der Waals surface area (Å²) in [5.41, 5.74) is -2.84. The number of alkyl halides is 3. The van der Waals surface area contributed by atoms with Crippen LogP contribution in [0.5, 0.6) is 0 Å². The van der Waals surface area contributed by atoms with Crippen molar-refractivity contribution in [3.05, 3.63) is 0 Å². The average Bonchev–Trinajstić information content (AvgIpc) is 3.17. The van der Waals surface area contributed by atoms with E-state index in [-0.39, 0.29) is 24.2 Å². The van der Waals surface area contributed by atoms with E-state index in [4.69, 9.17) is 0 Å². The second-order valence-corrected chi connectivity index (χ2v) is 10.3. The van der Waals surface area contributed by atoms with Crippen LogP contribution in [0.1, 0.15) is 51.4 Å². The number of carbonyl (C=O) groups excluding carboxylic acids is 2. The van der Waals surface area contributed by atoms with Crippen molar-refractivity contribution in [1.82, 2.24) is 10.6 Å². The minimum atomic E-state index is -5.09. The van der Waals surface area contributed by atoms with E-state index in [0.717, 1.165) is 6.42 Å². The summed E-state index contributed by atoms with van der Waals surface area (Å²) in [4.78, 5) is 25.5. The lowest BCUT2D eigenvalue weighted by Crippen LogP contribution is -2.67. The first-order valence-corrected chi connectivity index (χ1v) is 10.3. The lowest BCUT2D eigenvalue weighted by molar-refractivity contribution is -0.188. The van der Waals surface area contributed by atoms with Gasteiger partial charge < -0.3 is 10.4 Å². The third-order valence-corrected chi connectivity index (χ3v) is 8.14. The molecule has 6 nitrogen and oxygen atoms in total. The van der Waals surface area contributed by atoms with E-state index in [1.54, 1.807) is 0 Å². The number of aliphatic hydroxyl groups is 1. The Kier molecular flexibility index (Phi) is 3.81. The molecule has 6 aliphatic rings. The molecule has 0 aromatic heterocycles. The largest absolute Gasteiger partial charge is 0.471 e. The fraction of sp³-hybridized carbons (Fsp3) is 0.850. The minimum Gasteiger partial charge on any atom is -0.390 e. The molecule has 6 rings (SSSR count). The van der Waals surface area contributed by atoms with Crippen LogP contribution in [-0.2, 0) is 9.59 Å². The highest BCUT2D eigenvalue weighted by Crippen LogP contribution is 2.64. The number of carbonyl (C=O) groups is 2. The Morgan fingerprint density at radius 1 is 1.14 bits per heavy atom. The number of ketones is 1. The van der Waals surface area contributed by atoms with Gasteiger partial charge in [-0.15, -0.1) is 0 Å². The van der Waals surface area contributed by atoms with Gasteiger partial charge in [-0.25, -0.2) is 0 Å². The number of nitrogens with one attached hydrogen (secondary N) is 2. The molecule has 4 bridgehead atoms. The molecule has 1 aliphatic heterocycles. The van der Waals surface area contributed by atoms with Crippen LogP contribution in [0.4, 0.5) is 13.2 Å². The van der Waals surface area contributed by atoms with Crippen LogP contribution < -0.4 is 10.6 Å². The molecule has 2 unspecified atom stereocenters. The van der Waals surface area contributed by atoms with Crippen LogP contribution in [0, 0.1) is 34.5 Å². The van der Waals surface area contributed by atoms with E-state index in [0.29, 0.717) is 38.5 Å². The van der Waals surface area contributed by atoms with E-state index in [2.05, 4.69) is 11.4 Å². The van der Waals surface area contributed by atoms with Gasteiger partial charge in [0.25, 0.3) is 0 Å². The third-order valence-electron chi connectivity index (χ3n) is 8.14. The number of nitrogens with zero attached hydrogens (tertiary/aromatic N) is 1. The van der Waals surface area contributed by atoms with Gasteiger partial charge in [0.15, 0.2) is 5.78 Å². The molecule has 1 heterocycles. The average molecular weight is 411 g/mol. The van der Waals surface area contributed by atoms with Crippen molar-refractivity contribution in [2.24, 2.45) is 23.2 Å². The number of piperidine rings is 1. The van der Waals surface area contributed by atoms with Crippen LogP contribution in [0.15, 0.2) is 0 Å². The van der Waals surface area contributed by atoms with Crippen molar-refractivity contribution in [2.75, 3.05) is 0 Å². The fourth-order valence-corrected chi connectivity index (χ4v) is 7.49. The molecule has 29 heavy (non-hydrogen) atoms. The van der Waals surface area contributed by atoms with Gasteiger partial charge >= 0.3 is 12.1 Å². The van der Waals surface area contributed by atoms with Gasteiger partial charge in [0.1, 0.15) is 0 Å². The first kappa shape index (κ1) is 19.3. The van der Waals surface area contributed by atoms with E-state index in [1.165, 1.54) is 0 Å². The maximum atomic E-state index is 13.6. The first-order valence-electron chi connectivity index (χ1n) is 10.3. The molecule has 158 valence electrons. The quantitative estimate of drug-likeness (QED) is 0.652. The van der Waals surface area contributed by atoms with Crippen LogP contribution in [0.3, 0.4) is 0 Å². The van der Waals surface area contributed by atoms with E-state index < -0.39 is 46.5 Å². The zero-order valence-corrected chi connectivity index (χ0v) is 15.9. The minimum absolute atomic E-state index is 0.0815. The van der Waals surface area contributed by atoms with E-state index in [1.807, 2.05) is 5.32 Å². The Hall–Kier alpha value is -1.66. The third kappa shape index (κ3) is 2.82. The van der Waals surface area contributed by atoms with Crippen molar-refractivity contribution in [3.63, 3.8) is 0 Å². The summed E-state index contributed by atoms with van der Waals surface area (Å²) in [7, 11) is 0. The Balaban J connectivity index is 1.50. The number of amides is 1. The number of Topliss-reactive ketones (excluding diaryl/α,β-unsaturated/α-hetero) is 1. The highest BCUT2D eigenvalue weighted by molar-refractivity contribution is 6.00. The molecule has 0 aromatic rings. The number of rotatable bonds is 4. The zero-order valence-electron chi connectivity index (χ0n) is 15.9. The lowest BCUT2D eigenvalue weighted by atomic mass is 9.45. The van der Waals surface area contributed by atoms with Gasteiger partial charge in [0.05, 0.1) is 29.3 Å². The monoisotopic (exact) mass is 411 g/mol. The molecule has 6 fully saturated rings. The van der Waals surface area contributed by atoms with Gasteiger partial charge in [-0.3, -0.25) is 14.9 Å². The summed E-state index contributed by atoms with van der Waals surface area (Å²) in [5, 5.41) is 25.3. The SMILES string of the molecule is N#C[C@@H]1C[C@@H]2C[C@]2(C(=O)[C@@H](NC(=O)C(F)(F)F)C23CC4CC(CC(O)(C4)C2)C3)N1. The highest BCUT2D eigenvalue weighted by Gasteiger charge is 2.70. The molecular formula is C20H24F3N3O3. The Morgan fingerprint density at radius 2 is 1.79 bits per heavy atom. The predicted octanol–water partition coefficient (Wildman–Crippen LogP) is 1.58. The van der Waals surface area contributed by atoms with Crippen LogP contribution in [0.25, 0.3) is 0 Å². The molecule has 5 saturated carbocycles. The number of nitriles is 1. The normalized spacial score (nSPS) is 48.0. The zero-order chi connectivity index (χ0) is 20.8. The van der Waals surface area contributed by atoms with Gasteiger partial charge in [0.2, 0.25) is 0 Å². The summed E-state index contributed by atoms with van der Waals surface area (Å²) < 4.78 is 39.3. The van der Waals surface area contributed by atoms with Crippen molar-refractivity contribution < 1.29 is 27.9 Å². The van der Waals surface area contributed by atoms with E-state index in [9.17, 15) is 33.1 Å². The number of hydrogen-bond donors (Lipinski definition) is 3. The lowest BCUT2D eigenvalue weighted by Gasteiger charge is -2.62. The van der Waals surface area contributed by atoms with Gasteiger partial charge in [-0.05, 0) is 69.1 Å². The molecule has 6 atom stereocenters. The van der Waals surface area contributed by atoms with Gasteiger partial charge in [0, 0.05) is 5.41 Å². The second-order valence-electron chi connectivity index (χ2n) is 10.3. The maximum Gasteiger partial charge on any atom is 0.471 e. The molecule has 0 spiro atoms. The topological polar surface area (TPSA) is 102 Å². The van der Waals surface area contributed by atoms with Crippen molar-refractivity contribution in [3.8, 4) is 6.07 Å². The molecule has 1 saturated heterocycles. The smallest absolute Gasteiger partial charge is 0.390 e. The molecular weight excluding hydrogens is 387 g/mol. The molecule has 0 aromatic carbocycles. The summed E-state index contributed by atoms with van der Waals surface area (Å²) in [6.07, 6.45) is -0.642. The second kappa shape index (κ2) is 5.73. The molecule has 0 radical (unpaired) electrons. The Labute approximate surface area is 166 Å². The first-order chi connectivity index (χ1) is 13.5. The highest BCUT2D eigenvalue weighted by atomic mass is 19.4. The fourth-order valence-electron chi connectivity index (χ4n) is 7.49. The van der Waals surface area contributed by atoms with Crippen molar-refractivity contribution in [2.45, 2.75) is 80.8 Å². The molecule has 3 N–H and O–H groups in total. The van der Waals surface area contributed by atoms with Gasteiger partial charge in [-0.2, -0.15) is 18.4 Å². The summed E-state index contributed by atoms with van der Waals surface area (Å²) in [6, 6.07) is 0.275. The van der Waals surface area contributed by atoms with Gasteiger partial charge in [-0.1, -0.05) is 0 Å². The molecule has 1 amide bonds. The summed E-state index contributed by atoms with van der Waals surface area (Å²) >= 11 is 0. The number of halogens is 3. The maximum absolute atomic E-state index is 13.6. The van der Waals surface area contributed by atoms with Crippen LogP contribution in [-0.4, -0.2) is 46.2 Å². The predicted molar refractivity (Wildman–Crippen MR) is 93.0 cm³/mol. The molecule has 9 heteroatoms. The number of hydrogen-bond acceptors (Lipinski definition) is 5. The number of fused-ring (bicyclic) bond motifs is 1. The van der Waals surface area contributed by atoms with Crippen LogP contribution >= 0.6 is 0 Å². The summed E-state index contributed by atoms with van der Waals surface area (Å²) in [6.45, 7) is 0. The standard InChI is InChI=1S/C20H24F3N3O3/c21-20(22,23)16(28)25-14(15(27)19-7-12(19)2-13(8-24)26-19)17-3-10-1-11(4-17)6-18(29,5-10)9-17/h10-14,26,29H,1-7,9H2,(H,25,28)/t10?,11?,12-,13+,14-,17?,18?,19+/m1/s1. The van der Waals surface area contributed by atoms with Crippen LogP contribution in [0.2, 0.25) is 0 Å². The van der Waals surface area contributed by atoms with Crippen molar-refractivity contribution in [1.29, 1.82) is 5.26 Å². The summed E-state index contributed by atoms with van der Waals surface area (Å²) in [5.74, 6) is -2.31. The molecule has 5 aliphatic carbocycles.